The third-order valence-corrected chi connectivity index (χ3v) is 5.32. The second-order valence-corrected chi connectivity index (χ2v) is 7.00. The van der Waals surface area contributed by atoms with Gasteiger partial charge >= 0.3 is 0 Å². The zero-order valence-corrected chi connectivity index (χ0v) is 14.1. The molecule has 0 radical (unpaired) electrons. The molecule has 0 aliphatic carbocycles. The van der Waals surface area contributed by atoms with Crippen LogP contribution in [0.1, 0.15) is 26.1 Å². The highest BCUT2D eigenvalue weighted by molar-refractivity contribution is 7.99. The van der Waals surface area contributed by atoms with E-state index in [1.807, 2.05) is 11.6 Å². The number of hydrogen-bond donors (Lipinski definition) is 1. The number of imidazole rings is 1. The van der Waals surface area contributed by atoms with Crippen molar-refractivity contribution >= 4 is 46.0 Å². The molecule has 1 N–H and O–H groups in total. The first kappa shape index (κ1) is 16.0. The van der Waals surface area contributed by atoms with Gasteiger partial charge < -0.3 is 9.67 Å². The molecule has 0 aliphatic heterocycles. The van der Waals surface area contributed by atoms with Crippen LogP contribution in [0.25, 0.3) is 11.0 Å². The van der Waals surface area contributed by atoms with E-state index in [-0.39, 0.29) is 0 Å². The maximum absolute atomic E-state index is 10.7. The number of rotatable bonds is 5. The fourth-order valence-corrected chi connectivity index (χ4v) is 3.42. The van der Waals surface area contributed by atoms with Crippen molar-refractivity contribution in [2.24, 2.45) is 7.05 Å². The minimum Gasteiger partial charge on any atom is -0.381 e. The topological polar surface area (TPSA) is 38.1 Å². The fraction of sp³-hybridized carbons (Fsp3) is 0.500. The van der Waals surface area contributed by atoms with Crippen molar-refractivity contribution in [1.82, 2.24) is 9.55 Å². The molecule has 0 aliphatic rings. The number of fused-ring (bicyclic) bond motifs is 1. The molecule has 20 heavy (non-hydrogen) atoms. The molecule has 2 rings (SSSR count). The summed E-state index contributed by atoms with van der Waals surface area (Å²) in [5.74, 6) is 2.27. The summed E-state index contributed by atoms with van der Waals surface area (Å²) in [6.07, 6.45) is 1.09. The highest BCUT2D eigenvalue weighted by atomic mass is 35.5. The van der Waals surface area contributed by atoms with Crippen LogP contribution in [0, 0.1) is 0 Å². The largest absolute Gasteiger partial charge is 0.381 e. The zero-order chi connectivity index (χ0) is 14.9. The Morgan fingerprint density at radius 1 is 1.35 bits per heavy atom. The van der Waals surface area contributed by atoms with Gasteiger partial charge in [0.2, 0.25) is 0 Å². The zero-order valence-electron chi connectivity index (χ0n) is 11.8. The molecule has 6 heteroatoms. The van der Waals surface area contributed by atoms with E-state index in [4.69, 9.17) is 23.2 Å². The Hall–Kier alpha value is -0.420. The summed E-state index contributed by atoms with van der Waals surface area (Å²) in [6, 6.07) is 3.52. The lowest BCUT2D eigenvalue weighted by atomic mass is 10.1. The highest BCUT2D eigenvalue weighted by Crippen LogP contribution is 2.31. The van der Waals surface area contributed by atoms with Gasteiger partial charge in [-0.15, -0.1) is 0 Å². The van der Waals surface area contributed by atoms with Crippen LogP contribution in [0.3, 0.4) is 0 Å². The summed E-state index contributed by atoms with van der Waals surface area (Å²) in [6.45, 7) is 3.92. The standard InChI is InChI=1S/C14H18Cl2N2OS/c1-4-5-20-8-14(2,19)13-17-11-6-9(15)10(16)7-12(11)18(13)3/h6-7,19H,4-5,8H2,1-3H3. The van der Waals surface area contributed by atoms with Crippen molar-refractivity contribution in [2.45, 2.75) is 25.9 Å². The van der Waals surface area contributed by atoms with Crippen molar-refractivity contribution in [2.75, 3.05) is 11.5 Å². The molecular formula is C14H18Cl2N2OS. The van der Waals surface area contributed by atoms with E-state index in [9.17, 15) is 5.11 Å². The van der Waals surface area contributed by atoms with Gasteiger partial charge in [-0.1, -0.05) is 30.1 Å². The predicted molar refractivity (Wildman–Crippen MR) is 87.9 cm³/mol. The highest BCUT2D eigenvalue weighted by Gasteiger charge is 2.29. The molecule has 0 amide bonds. The Bertz CT molecular complexity index is 625. The quantitative estimate of drug-likeness (QED) is 0.832. The molecule has 1 aromatic carbocycles. The maximum Gasteiger partial charge on any atom is 0.142 e. The van der Waals surface area contributed by atoms with Gasteiger partial charge in [-0.3, -0.25) is 0 Å². The first-order valence-electron chi connectivity index (χ1n) is 6.49. The molecule has 0 fully saturated rings. The normalized spacial score (nSPS) is 14.7. The lowest BCUT2D eigenvalue weighted by Gasteiger charge is -2.22. The van der Waals surface area contributed by atoms with Gasteiger partial charge in [-0.2, -0.15) is 11.8 Å². The van der Waals surface area contributed by atoms with Gasteiger partial charge in [0.25, 0.3) is 0 Å². The molecule has 2 aromatic rings. The van der Waals surface area contributed by atoms with E-state index in [1.165, 1.54) is 0 Å². The van der Waals surface area contributed by atoms with Crippen LogP contribution in [-0.2, 0) is 12.6 Å². The molecule has 1 atom stereocenters. The van der Waals surface area contributed by atoms with Gasteiger partial charge in [-0.05, 0) is 31.2 Å². The molecule has 1 aromatic heterocycles. The smallest absolute Gasteiger partial charge is 0.142 e. The molecule has 0 bridgehead atoms. The third-order valence-electron chi connectivity index (χ3n) is 3.14. The molecule has 1 unspecified atom stereocenters. The number of aromatic nitrogens is 2. The van der Waals surface area contributed by atoms with E-state index in [2.05, 4.69) is 11.9 Å². The van der Waals surface area contributed by atoms with E-state index in [0.29, 0.717) is 21.6 Å². The summed E-state index contributed by atoms with van der Waals surface area (Å²) >= 11 is 13.8. The Balaban J connectivity index is 2.41. The Morgan fingerprint density at radius 3 is 2.65 bits per heavy atom. The summed E-state index contributed by atoms with van der Waals surface area (Å²) in [5.41, 5.74) is 0.639. The molecule has 0 saturated heterocycles. The molecule has 3 nitrogen and oxygen atoms in total. The Morgan fingerprint density at radius 2 is 2.00 bits per heavy atom. The van der Waals surface area contributed by atoms with Gasteiger partial charge in [0.15, 0.2) is 0 Å². The van der Waals surface area contributed by atoms with Crippen molar-refractivity contribution in [1.29, 1.82) is 0 Å². The summed E-state index contributed by atoms with van der Waals surface area (Å²) in [5, 5.41) is 11.6. The molecule has 0 saturated carbocycles. The Kier molecular flexibility index (Phi) is 4.90. The number of aliphatic hydroxyl groups is 1. The Labute approximate surface area is 133 Å². The molecular weight excluding hydrogens is 315 g/mol. The van der Waals surface area contributed by atoms with Crippen molar-refractivity contribution in [3.63, 3.8) is 0 Å². The number of hydrogen-bond acceptors (Lipinski definition) is 3. The van der Waals surface area contributed by atoms with Crippen LogP contribution in [0.15, 0.2) is 12.1 Å². The average Bonchev–Trinajstić information content (AvgIpc) is 2.68. The number of thioether (sulfide) groups is 1. The minimum atomic E-state index is -0.980. The van der Waals surface area contributed by atoms with Crippen molar-refractivity contribution in [3.8, 4) is 0 Å². The van der Waals surface area contributed by atoms with E-state index in [0.717, 1.165) is 23.2 Å². The van der Waals surface area contributed by atoms with E-state index in [1.54, 1.807) is 30.8 Å². The molecule has 0 spiro atoms. The van der Waals surface area contributed by atoms with Gasteiger partial charge in [0.05, 0.1) is 21.1 Å². The van der Waals surface area contributed by atoms with Crippen LogP contribution < -0.4 is 0 Å². The maximum atomic E-state index is 10.7. The van der Waals surface area contributed by atoms with Crippen LogP contribution in [-0.4, -0.2) is 26.2 Å². The summed E-state index contributed by atoms with van der Waals surface area (Å²) in [7, 11) is 1.88. The first-order chi connectivity index (χ1) is 9.36. The average molecular weight is 333 g/mol. The predicted octanol–water partition coefficient (Wildman–Crippen LogP) is 4.23. The fourth-order valence-electron chi connectivity index (χ4n) is 2.15. The number of nitrogens with zero attached hydrogens (tertiary/aromatic N) is 2. The second kappa shape index (κ2) is 6.14. The van der Waals surface area contributed by atoms with Crippen molar-refractivity contribution in [3.05, 3.63) is 28.0 Å². The van der Waals surface area contributed by atoms with Gasteiger partial charge in [-0.25, -0.2) is 4.98 Å². The summed E-state index contributed by atoms with van der Waals surface area (Å²) in [4.78, 5) is 4.52. The van der Waals surface area contributed by atoms with Crippen molar-refractivity contribution < 1.29 is 5.11 Å². The van der Waals surface area contributed by atoms with Crippen LogP contribution in [0.5, 0.6) is 0 Å². The van der Waals surface area contributed by atoms with Gasteiger partial charge in [0.1, 0.15) is 11.4 Å². The lowest BCUT2D eigenvalue weighted by Crippen LogP contribution is -2.28. The molecule has 110 valence electrons. The van der Waals surface area contributed by atoms with Crippen LogP contribution in [0.2, 0.25) is 10.0 Å². The number of aryl methyl sites for hydroxylation is 1. The summed E-state index contributed by atoms with van der Waals surface area (Å²) < 4.78 is 1.88. The van der Waals surface area contributed by atoms with E-state index < -0.39 is 5.60 Å². The lowest BCUT2D eigenvalue weighted by molar-refractivity contribution is 0.0716. The first-order valence-corrected chi connectivity index (χ1v) is 8.40. The second-order valence-electron chi connectivity index (χ2n) is 5.08. The number of benzene rings is 1. The van der Waals surface area contributed by atoms with Crippen LogP contribution >= 0.6 is 35.0 Å². The number of halogens is 2. The monoisotopic (exact) mass is 332 g/mol. The third kappa shape index (κ3) is 3.08. The SMILES string of the molecule is CCCSCC(C)(O)c1nc2cc(Cl)c(Cl)cc2n1C. The molecule has 1 heterocycles. The minimum absolute atomic E-state index is 0.476. The van der Waals surface area contributed by atoms with Gasteiger partial charge in [0, 0.05) is 12.8 Å². The van der Waals surface area contributed by atoms with Crippen LogP contribution in [0.4, 0.5) is 0 Å². The van der Waals surface area contributed by atoms with E-state index >= 15 is 0 Å².